The van der Waals surface area contributed by atoms with Crippen LogP contribution in [0.25, 0.3) is 0 Å². The van der Waals surface area contributed by atoms with Gasteiger partial charge < -0.3 is 0 Å². The molecule has 1 aliphatic carbocycles. The molecule has 0 atom stereocenters. The highest BCUT2D eigenvalue weighted by Crippen LogP contribution is 2.19. The third-order valence-corrected chi connectivity index (χ3v) is 2.07. The van der Waals surface area contributed by atoms with E-state index >= 15 is 0 Å². The highest BCUT2D eigenvalue weighted by Gasteiger charge is 2.05. The van der Waals surface area contributed by atoms with Crippen molar-refractivity contribution >= 4 is 18.3 Å². The molecule has 1 aliphatic rings. The number of hydrogen-bond acceptors (Lipinski definition) is 2. The Morgan fingerprint density at radius 2 is 2.33 bits per heavy atom. The number of aliphatic imine (C=N–C) groups is 1. The van der Waals surface area contributed by atoms with E-state index in [-0.39, 0.29) is 0 Å². The van der Waals surface area contributed by atoms with Crippen LogP contribution in [0.4, 0.5) is 0 Å². The van der Waals surface area contributed by atoms with Gasteiger partial charge in [0.2, 0.25) is 0 Å². The lowest BCUT2D eigenvalue weighted by Gasteiger charge is -1.97. The number of rotatable bonds is 2. The van der Waals surface area contributed by atoms with Gasteiger partial charge in [0.05, 0.1) is 0 Å². The molecule has 0 aromatic heterocycles. The molecule has 0 amide bonds. The molecule has 1 rings (SSSR count). The molecule has 0 aliphatic heterocycles. The van der Waals surface area contributed by atoms with Crippen molar-refractivity contribution in [2.45, 2.75) is 33.1 Å². The van der Waals surface area contributed by atoms with Gasteiger partial charge in [0, 0.05) is 11.9 Å². The average Bonchev–Trinajstić information content (AvgIpc) is 2.51. The van der Waals surface area contributed by atoms with Crippen LogP contribution in [0.15, 0.2) is 27.7 Å². The molecular weight excluding hydrogens is 166 g/mol. The molecule has 0 unspecified atom stereocenters. The van der Waals surface area contributed by atoms with Crippen molar-refractivity contribution in [1.29, 1.82) is 0 Å². The Balaban J connectivity index is 2.63. The highest BCUT2D eigenvalue weighted by molar-refractivity contribution is 7.84. The van der Waals surface area contributed by atoms with Crippen LogP contribution >= 0.6 is 12.6 Å². The Hall–Kier alpha value is -0.500. The predicted molar refractivity (Wildman–Crippen MR) is 57.8 cm³/mol. The predicted octanol–water partition coefficient (Wildman–Crippen LogP) is 3.35. The van der Waals surface area contributed by atoms with Crippen LogP contribution in [-0.4, -0.2) is 5.71 Å². The summed E-state index contributed by atoms with van der Waals surface area (Å²) >= 11 is 4.15. The van der Waals surface area contributed by atoms with Gasteiger partial charge in [0.1, 0.15) is 0 Å². The molecule has 2 heteroatoms. The zero-order valence-corrected chi connectivity index (χ0v) is 8.56. The first-order chi connectivity index (χ1) is 5.70. The molecule has 12 heavy (non-hydrogen) atoms. The average molecular weight is 181 g/mol. The Labute approximate surface area is 79.7 Å². The van der Waals surface area contributed by atoms with Crippen LogP contribution in [0.5, 0.6) is 0 Å². The summed E-state index contributed by atoms with van der Waals surface area (Å²) in [5.41, 5.74) is 2.54. The van der Waals surface area contributed by atoms with E-state index < -0.39 is 0 Å². The van der Waals surface area contributed by atoms with E-state index in [4.69, 9.17) is 0 Å². The quantitative estimate of drug-likeness (QED) is 0.495. The van der Waals surface area contributed by atoms with Crippen molar-refractivity contribution in [3.63, 3.8) is 0 Å². The largest absolute Gasteiger partial charge is 0.261 e. The Morgan fingerprint density at radius 3 is 2.83 bits per heavy atom. The van der Waals surface area contributed by atoms with Crippen molar-refractivity contribution in [2.75, 3.05) is 0 Å². The number of hydrogen-bond donors (Lipinski definition) is 1. The Kier molecular flexibility index (Phi) is 3.60. The number of allylic oxidation sites excluding steroid dienone is 3. The summed E-state index contributed by atoms with van der Waals surface area (Å²) in [4.78, 5) is 5.27. The zero-order chi connectivity index (χ0) is 8.97. The van der Waals surface area contributed by atoms with Gasteiger partial charge in [-0.15, -0.1) is 12.6 Å². The van der Waals surface area contributed by atoms with Crippen LogP contribution < -0.4 is 0 Å². The number of nitrogens with zero attached hydrogens (tertiary/aromatic N) is 1. The molecule has 0 fully saturated rings. The van der Waals surface area contributed by atoms with Crippen molar-refractivity contribution in [2.24, 2.45) is 4.99 Å². The summed E-state index contributed by atoms with van der Waals surface area (Å²) < 4.78 is 0. The minimum Gasteiger partial charge on any atom is -0.261 e. The fourth-order valence-electron chi connectivity index (χ4n) is 1.27. The smallest absolute Gasteiger partial charge is 0.0401 e. The summed E-state index contributed by atoms with van der Waals surface area (Å²) in [5.74, 6) is 0. The van der Waals surface area contributed by atoms with E-state index in [1.54, 1.807) is 6.20 Å². The van der Waals surface area contributed by atoms with Crippen LogP contribution in [0.3, 0.4) is 0 Å². The molecule has 0 N–H and O–H groups in total. The third-order valence-electron chi connectivity index (χ3n) is 1.95. The van der Waals surface area contributed by atoms with Crippen LogP contribution in [0, 0.1) is 0 Å². The topological polar surface area (TPSA) is 12.4 Å². The molecule has 0 radical (unpaired) electrons. The molecule has 0 heterocycles. The normalized spacial score (nSPS) is 19.8. The van der Waals surface area contributed by atoms with Gasteiger partial charge in [-0.05, 0) is 43.6 Å². The summed E-state index contributed by atoms with van der Waals surface area (Å²) in [6, 6.07) is 0. The Bertz CT molecular complexity index is 245. The first-order valence-electron chi connectivity index (χ1n) is 4.29. The van der Waals surface area contributed by atoms with Gasteiger partial charge in [0.15, 0.2) is 0 Å². The van der Waals surface area contributed by atoms with E-state index in [2.05, 4.69) is 30.6 Å². The molecule has 0 aromatic rings. The maximum Gasteiger partial charge on any atom is 0.0401 e. The van der Waals surface area contributed by atoms with E-state index in [0.29, 0.717) is 0 Å². The van der Waals surface area contributed by atoms with Crippen LogP contribution in [0.2, 0.25) is 0 Å². The van der Waals surface area contributed by atoms with Gasteiger partial charge in [-0.2, -0.15) is 0 Å². The molecule has 0 saturated heterocycles. The first kappa shape index (κ1) is 9.59. The maximum atomic E-state index is 4.32. The van der Waals surface area contributed by atoms with Crippen molar-refractivity contribution in [3.05, 3.63) is 22.8 Å². The van der Waals surface area contributed by atoms with E-state index in [1.165, 1.54) is 24.8 Å². The van der Waals surface area contributed by atoms with Crippen molar-refractivity contribution in [3.8, 4) is 0 Å². The lowest BCUT2D eigenvalue weighted by Crippen LogP contribution is -1.92. The second-order valence-electron chi connectivity index (χ2n) is 3.11. The first-order valence-corrected chi connectivity index (χ1v) is 4.74. The highest BCUT2D eigenvalue weighted by atomic mass is 32.1. The van der Waals surface area contributed by atoms with E-state index in [1.807, 2.05) is 6.92 Å². The third kappa shape index (κ3) is 2.86. The summed E-state index contributed by atoms with van der Waals surface area (Å²) in [7, 11) is 0. The minimum absolute atomic E-state index is 0.952. The monoisotopic (exact) mass is 181 g/mol. The SMILES string of the molecule is CC(=N/C=C(/C)S)C1=CCCC1. The van der Waals surface area contributed by atoms with Gasteiger partial charge in [-0.25, -0.2) is 0 Å². The van der Waals surface area contributed by atoms with E-state index in [9.17, 15) is 0 Å². The van der Waals surface area contributed by atoms with Crippen molar-refractivity contribution < 1.29 is 0 Å². The van der Waals surface area contributed by atoms with Crippen molar-refractivity contribution in [1.82, 2.24) is 0 Å². The molecule has 0 saturated carbocycles. The maximum absolute atomic E-state index is 4.32. The molecular formula is C10H15NS. The zero-order valence-electron chi connectivity index (χ0n) is 7.67. The van der Waals surface area contributed by atoms with Gasteiger partial charge in [0.25, 0.3) is 0 Å². The minimum atomic E-state index is 0.952. The van der Waals surface area contributed by atoms with Crippen LogP contribution in [-0.2, 0) is 0 Å². The Morgan fingerprint density at radius 1 is 1.58 bits per heavy atom. The standard InChI is InChI=1S/C10H15NS/c1-8(12)7-11-9(2)10-5-3-4-6-10/h5,7,12H,3-4,6H2,1-2H3/b8-7-,11-9?. The lowest BCUT2D eigenvalue weighted by molar-refractivity contribution is 0.919. The fourth-order valence-corrected chi connectivity index (χ4v) is 1.33. The van der Waals surface area contributed by atoms with E-state index in [0.717, 1.165) is 10.6 Å². The van der Waals surface area contributed by atoms with Gasteiger partial charge in [-0.1, -0.05) is 6.08 Å². The molecule has 0 aromatic carbocycles. The lowest BCUT2D eigenvalue weighted by atomic mass is 10.1. The van der Waals surface area contributed by atoms with Gasteiger partial charge >= 0.3 is 0 Å². The summed E-state index contributed by atoms with van der Waals surface area (Å²) in [6.07, 6.45) is 7.77. The summed E-state index contributed by atoms with van der Waals surface area (Å²) in [6.45, 7) is 3.99. The second kappa shape index (κ2) is 4.51. The molecule has 0 spiro atoms. The molecule has 66 valence electrons. The summed E-state index contributed by atoms with van der Waals surface area (Å²) in [5, 5.41) is 0. The second-order valence-corrected chi connectivity index (χ2v) is 3.81. The molecule has 1 nitrogen and oxygen atoms in total. The fraction of sp³-hybridized carbons (Fsp3) is 0.500. The number of thiol groups is 1. The van der Waals surface area contributed by atoms with Crippen LogP contribution in [0.1, 0.15) is 33.1 Å². The molecule has 0 bridgehead atoms. The van der Waals surface area contributed by atoms with Gasteiger partial charge in [-0.3, -0.25) is 4.99 Å².